The van der Waals surface area contributed by atoms with E-state index in [1.807, 2.05) is 0 Å². The molecule has 0 bridgehead atoms. The van der Waals surface area contributed by atoms with E-state index < -0.39 is 10.8 Å². The zero-order chi connectivity index (χ0) is 20.5. The average Bonchev–Trinajstić information content (AvgIpc) is 3.04. The van der Waals surface area contributed by atoms with Crippen LogP contribution in [0.3, 0.4) is 0 Å². The van der Waals surface area contributed by atoms with E-state index >= 15 is 0 Å². The van der Waals surface area contributed by atoms with E-state index in [4.69, 9.17) is 16.6 Å². The van der Waals surface area contributed by atoms with Crippen molar-refractivity contribution in [3.05, 3.63) is 34.9 Å². The molecule has 7 nitrogen and oxygen atoms in total. The summed E-state index contributed by atoms with van der Waals surface area (Å²) in [6.45, 7) is 1.94. The molecule has 2 aromatic heterocycles. The van der Waals surface area contributed by atoms with Gasteiger partial charge in [0.15, 0.2) is 0 Å². The molecule has 2 aromatic rings. The number of aliphatic hydroxyl groups excluding tert-OH is 1. The molecule has 3 atom stereocenters. The lowest BCUT2D eigenvalue weighted by molar-refractivity contribution is 0.143. The van der Waals surface area contributed by atoms with E-state index in [0.717, 1.165) is 60.9 Å². The van der Waals surface area contributed by atoms with Gasteiger partial charge < -0.3 is 15.3 Å². The second-order valence-electron chi connectivity index (χ2n) is 9.05. The van der Waals surface area contributed by atoms with E-state index in [-0.39, 0.29) is 12.1 Å². The van der Waals surface area contributed by atoms with E-state index in [9.17, 15) is 9.32 Å². The molecule has 0 amide bonds. The monoisotopic (exact) mass is 445 g/mol. The van der Waals surface area contributed by atoms with Crippen LogP contribution in [-0.4, -0.2) is 55.3 Å². The van der Waals surface area contributed by atoms with Gasteiger partial charge in [0.1, 0.15) is 17.5 Å². The second kappa shape index (κ2) is 6.87. The quantitative estimate of drug-likeness (QED) is 0.729. The normalized spacial score (nSPS) is 30.5. The van der Waals surface area contributed by atoms with Gasteiger partial charge in [-0.3, -0.25) is 4.21 Å². The third kappa shape index (κ3) is 2.95. The molecule has 1 saturated heterocycles. The molecule has 0 radical (unpaired) electrons. The summed E-state index contributed by atoms with van der Waals surface area (Å²) in [6, 6.07) is 2.12. The van der Waals surface area contributed by atoms with E-state index in [2.05, 4.69) is 26.3 Å². The van der Waals surface area contributed by atoms with Gasteiger partial charge in [-0.15, -0.1) is 0 Å². The van der Waals surface area contributed by atoms with Crippen molar-refractivity contribution < 1.29 is 9.32 Å². The fourth-order valence-corrected chi connectivity index (χ4v) is 6.80. The number of rotatable bonds is 5. The first-order chi connectivity index (χ1) is 14.6. The van der Waals surface area contributed by atoms with Crippen LogP contribution >= 0.6 is 11.6 Å². The first-order valence-corrected chi connectivity index (χ1v) is 12.3. The number of piperidine rings is 1. The van der Waals surface area contributed by atoms with Crippen molar-refractivity contribution in [3.8, 4) is 0 Å². The van der Waals surface area contributed by atoms with Crippen LogP contribution in [0.5, 0.6) is 0 Å². The highest BCUT2D eigenvalue weighted by Crippen LogP contribution is 2.57. The number of hydrogen-bond acceptors (Lipinski definition) is 7. The van der Waals surface area contributed by atoms with E-state index in [1.165, 1.54) is 0 Å². The molecule has 2 aliphatic carbocycles. The molecule has 2 saturated carbocycles. The summed E-state index contributed by atoms with van der Waals surface area (Å²) in [6.07, 6.45) is 7.11. The highest BCUT2D eigenvalue weighted by Gasteiger charge is 2.58. The Labute approximate surface area is 182 Å². The Hall–Kier alpha value is -1.77. The fourth-order valence-electron chi connectivity index (χ4n) is 5.33. The second-order valence-corrected chi connectivity index (χ2v) is 11.0. The first kappa shape index (κ1) is 19.0. The minimum absolute atomic E-state index is 0.0803. The lowest BCUT2D eigenvalue weighted by Gasteiger charge is -2.41. The average molecular weight is 446 g/mol. The molecule has 9 heteroatoms. The van der Waals surface area contributed by atoms with Gasteiger partial charge in [-0.25, -0.2) is 15.0 Å². The van der Waals surface area contributed by atoms with Crippen molar-refractivity contribution in [2.45, 2.75) is 42.0 Å². The number of aromatic nitrogens is 3. The van der Waals surface area contributed by atoms with Gasteiger partial charge in [-0.1, -0.05) is 11.6 Å². The van der Waals surface area contributed by atoms with Gasteiger partial charge in [0, 0.05) is 37.2 Å². The van der Waals surface area contributed by atoms with Crippen molar-refractivity contribution >= 4 is 34.0 Å². The summed E-state index contributed by atoms with van der Waals surface area (Å²) in [4.78, 5) is 16.9. The van der Waals surface area contributed by atoms with Crippen LogP contribution in [0.4, 0.5) is 11.6 Å². The van der Waals surface area contributed by atoms with Crippen LogP contribution in [0.1, 0.15) is 36.6 Å². The minimum atomic E-state index is -1.02. The summed E-state index contributed by atoms with van der Waals surface area (Å²) in [5.74, 6) is 4.71. The number of halogens is 1. The Bertz CT molecular complexity index is 1010. The molecule has 158 valence electrons. The van der Waals surface area contributed by atoms with E-state index in [1.54, 1.807) is 12.4 Å². The third-order valence-electron chi connectivity index (χ3n) is 7.27. The van der Waals surface area contributed by atoms with Crippen molar-refractivity contribution in [2.24, 2.45) is 11.8 Å². The lowest BCUT2D eigenvalue weighted by Crippen LogP contribution is -2.48. The Morgan fingerprint density at radius 1 is 1.27 bits per heavy atom. The SMILES string of the molecule is O=[S@]1CCc2cc(N3CC4C(C3)C4c3ncc(Cl)cn3)nc(NC3(CO)CCC3)c21. The van der Waals surface area contributed by atoms with Gasteiger partial charge in [0.05, 0.1) is 32.9 Å². The summed E-state index contributed by atoms with van der Waals surface area (Å²) in [5, 5.41) is 13.9. The Kier molecular flexibility index (Phi) is 4.34. The molecule has 0 aromatic carbocycles. The Morgan fingerprint density at radius 3 is 2.63 bits per heavy atom. The molecule has 2 N–H and O–H groups in total. The van der Waals surface area contributed by atoms with Crippen molar-refractivity contribution in [3.63, 3.8) is 0 Å². The summed E-state index contributed by atoms with van der Waals surface area (Å²) < 4.78 is 12.6. The minimum Gasteiger partial charge on any atom is -0.394 e. The van der Waals surface area contributed by atoms with Crippen LogP contribution in [0.25, 0.3) is 0 Å². The molecule has 30 heavy (non-hydrogen) atoms. The maximum Gasteiger partial charge on any atom is 0.145 e. The molecule has 2 aliphatic heterocycles. The standard InChI is InChI=1S/C21H24ClN5O2S/c22-13-7-23-19(24-8-13)17-14-9-27(10-15(14)17)16-6-12-2-5-30(29)18(12)20(25-16)26-21(11-28)3-1-4-21/h6-8,14-15,17,28H,1-5,9-11H2,(H,25,26)/t14?,15?,17?,30-/m0/s1. The largest absolute Gasteiger partial charge is 0.394 e. The van der Waals surface area contributed by atoms with Crippen LogP contribution in [0, 0.1) is 11.8 Å². The summed E-state index contributed by atoms with van der Waals surface area (Å²) >= 11 is 5.92. The maximum atomic E-state index is 12.6. The molecule has 0 spiro atoms. The molecule has 3 fully saturated rings. The van der Waals surface area contributed by atoms with Crippen LogP contribution in [0.2, 0.25) is 5.02 Å². The first-order valence-electron chi connectivity index (χ1n) is 10.6. The number of nitrogens with zero attached hydrogens (tertiary/aromatic N) is 4. The number of fused-ring (bicyclic) bond motifs is 2. The van der Waals surface area contributed by atoms with Gasteiger partial charge in [-0.05, 0) is 49.1 Å². The van der Waals surface area contributed by atoms with Crippen LogP contribution in [-0.2, 0) is 17.2 Å². The summed E-state index contributed by atoms with van der Waals surface area (Å²) in [7, 11) is -1.02. The molecule has 4 aliphatic rings. The number of hydrogen-bond donors (Lipinski definition) is 2. The third-order valence-corrected chi connectivity index (χ3v) is 8.96. The number of anilines is 2. The van der Waals surface area contributed by atoms with Gasteiger partial charge >= 0.3 is 0 Å². The molecule has 2 unspecified atom stereocenters. The number of aryl methyl sites for hydroxylation is 1. The van der Waals surface area contributed by atoms with Gasteiger partial charge in [-0.2, -0.15) is 0 Å². The topological polar surface area (TPSA) is 91.2 Å². The van der Waals surface area contributed by atoms with Gasteiger partial charge in [0.25, 0.3) is 0 Å². The van der Waals surface area contributed by atoms with Gasteiger partial charge in [0.2, 0.25) is 0 Å². The zero-order valence-electron chi connectivity index (χ0n) is 16.6. The van der Waals surface area contributed by atoms with Crippen molar-refractivity contribution in [1.29, 1.82) is 0 Å². The molecule has 4 heterocycles. The highest BCUT2D eigenvalue weighted by atomic mass is 35.5. The van der Waals surface area contributed by atoms with Crippen LogP contribution < -0.4 is 10.2 Å². The number of pyridine rings is 1. The molecule has 6 rings (SSSR count). The summed E-state index contributed by atoms with van der Waals surface area (Å²) in [5.41, 5.74) is 0.822. The predicted molar refractivity (Wildman–Crippen MR) is 115 cm³/mol. The maximum absolute atomic E-state index is 12.6. The molecular formula is C21H24ClN5O2S. The Morgan fingerprint density at radius 2 is 2.00 bits per heavy atom. The van der Waals surface area contributed by atoms with Crippen molar-refractivity contribution in [2.75, 3.05) is 35.7 Å². The smallest absolute Gasteiger partial charge is 0.145 e. The van der Waals surface area contributed by atoms with Crippen LogP contribution in [0.15, 0.2) is 23.4 Å². The van der Waals surface area contributed by atoms with Crippen molar-refractivity contribution in [1.82, 2.24) is 15.0 Å². The number of nitrogens with one attached hydrogen (secondary N) is 1. The fraction of sp³-hybridized carbons (Fsp3) is 0.571. The zero-order valence-corrected chi connectivity index (χ0v) is 18.1. The van der Waals surface area contributed by atoms with E-state index in [0.29, 0.717) is 34.3 Å². The number of aliphatic hydroxyl groups is 1. The predicted octanol–water partition coefficient (Wildman–Crippen LogP) is 2.37. The highest BCUT2D eigenvalue weighted by molar-refractivity contribution is 7.85. The Balaban J connectivity index is 1.25. The lowest BCUT2D eigenvalue weighted by atomic mass is 9.77. The molecular weight excluding hydrogens is 422 g/mol.